The van der Waals surface area contributed by atoms with Crippen LogP contribution >= 0.6 is 0 Å². The fraction of sp³-hybridized carbons (Fsp3) is 0.475. The molecule has 2 bridgehead atoms. The Morgan fingerprint density at radius 2 is 1.48 bits per heavy atom. The Morgan fingerprint density at radius 3 is 2.07 bits per heavy atom. The molecule has 3 aromatic rings. The third-order valence-electron chi connectivity index (χ3n) is 10.7. The maximum absolute atomic E-state index is 13.9. The molecule has 46 heavy (non-hydrogen) atoms. The number of rotatable bonds is 10. The number of aryl methyl sites for hydroxylation is 1. The molecule has 0 heterocycles. The molecule has 0 unspecified atom stereocenters. The highest BCUT2D eigenvalue weighted by atomic mass is 16.2. The van der Waals surface area contributed by atoms with E-state index < -0.39 is 11.5 Å². The molecule has 2 N–H and O–H groups in total. The minimum absolute atomic E-state index is 0.00791. The summed E-state index contributed by atoms with van der Waals surface area (Å²) in [5, 5.41) is 6.48. The predicted molar refractivity (Wildman–Crippen MR) is 185 cm³/mol. The van der Waals surface area contributed by atoms with Crippen LogP contribution in [0.1, 0.15) is 106 Å². The first-order valence-electron chi connectivity index (χ1n) is 17.0. The Morgan fingerprint density at radius 1 is 0.848 bits per heavy atom. The largest absolute Gasteiger partial charge is 0.351 e. The molecule has 0 aliphatic heterocycles. The molecule has 3 aliphatic carbocycles. The van der Waals surface area contributed by atoms with Crippen molar-refractivity contribution in [2.24, 2.45) is 10.8 Å². The van der Waals surface area contributed by atoms with Crippen LogP contribution in [0, 0.1) is 17.8 Å². The van der Waals surface area contributed by atoms with E-state index in [1.165, 1.54) is 5.56 Å². The number of hydrogen-bond donors (Lipinski definition) is 2. The average molecular weight is 622 g/mol. The highest BCUT2D eigenvalue weighted by molar-refractivity contribution is 6.01. The van der Waals surface area contributed by atoms with Gasteiger partial charge in [-0.2, -0.15) is 0 Å². The fourth-order valence-electron chi connectivity index (χ4n) is 7.49. The second-order valence-corrected chi connectivity index (χ2v) is 14.9. The highest BCUT2D eigenvalue weighted by Crippen LogP contribution is 2.57. The number of carbonyl (C=O) groups excluding carboxylic acids is 3. The maximum Gasteiger partial charge on any atom is 0.251 e. The van der Waals surface area contributed by atoms with Crippen molar-refractivity contribution in [2.45, 2.75) is 91.0 Å². The normalized spacial score (nSPS) is 21.3. The molecule has 3 amide bonds. The van der Waals surface area contributed by atoms with Gasteiger partial charge in [-0.15, -0.1) is 0 Å². The zero-order valence-corrected chi connectivity index (χ0v) is 28.5. The highest BCUT2D eigenvalue weighted by Gasteiger charge is 2.52. The lowest BCUT2D eigenvalue weighted by atomic mass is 9.53. The van der Waals surface area contributed by atoms with Gasteiger partial charge in [0.05, 0.1) is 0 Å². The minimum Gasteiger partial charge on any atom is -0.351 e. The molecule has 0 spiro atoms. The molecule has 0 saturated heterocycles. The summed E-state index contributed by atoms with van der Waals surface area (Å²) >= 11 is 0. The van der Waals surface area contributed by atoms with Gasteiger partial charge in [-0.1, -0.05) is 94.4 Å². The Kier molecular flexibility index (Phi) is 9.76. The smallest absolute Gasteiger partial charge is 0.251 e. The summed E-state index contributed by atoms with van der Waals surface area (Å²) in [5.41, 5.74) is 5.47. The van der Waals surface area contributed by atoms with Crippen LogP contribution in [0.25, 0.3) is 11.1 Å². The standard InChI is InChI=1S/C40H51N3O3/c1-7-26-43(6)36(45)34(30-13-9-8-10-14-30)42-37(46)40-23-20-39(21-24-40,22-25-40)27-41-35(44)32-15-11-12-28(2)33(32)29-16-18-31(19-17-29)38(3,4)5/h8-19,34H,7,20-27H2,1-6H3,(H,41,44)(H,42,46)/t34-,39?,40?/m0/s1. The lowest BCUT2D eigenvalue weighted by Crippen LogP contribution is -2.54. The van der Waals surface area contributed by atoms with Crippen molar-refractivity contribution in [1.82, 2.24) is 15.5 Å². The molecule has 0 radical (unpaired) electrons. The Balaban J connectivity index is 1.25. The summed E-state index contributed by atoms with van der Waals surface area (Å²) in [6.07, 6.45) is 5.82. The van der Waals surface area contributed by atoms with E-state index in [0.717, 1.165) is 67.2 Å². The zero-order valence-electron chi connectivity index (χ0n) is 28.5. The number of likely N-dealkylation sites (N-methyl/N-ethyl adjacent to an activating group) is 1. The predicted octanol–water partition coefficient (Wildman–Crippen LogP) is 7.76. The molecule has 0 aromatic heterocycles. The monoisotopic (exact) mass is 621 g/mol. The van der Waals surface area contributed by atoms with Crippen LogP contribution in [-0.2, 0) is 15.0 Å². The Hall–Kier alpha value is -3.93. The molecule has 1 atom stereocenters. The van der Waals surface area contributed by atoms with E-state index in [1.807, 2.05) is 49.4 Å². The van der Waals surface area contributed by atoms with E-state index in [1.54, 1.807) is 11.9 Å². The molecular weight excluding hydrogens is 570 g/mol. The van der Waals surface area contributed by atoms with Crippen molar-refractivity contribution in [3.63, 3.8) is 0 Å². The molecule has 244 valence electrons. The van der Waals surface area contributed by atoms with Gasteiger partial charge >= 0.3 is 0 Å². The van der Waals surface area contributed by atoms with Crippen LogP contribution in [0.4, 0.5) is 0 Å². The molecule has 3 fully saturated rings. The van der Waals surface area contributed by atoms with Crippen LogP contribution < -0.4 is 10.6 Å². The van der Waals surface area contributed by atoms with Crippen LogP contribution in [-0.4, -0.2) is 42.8 Å². The second kappa shape index (κ2) is 13.4. The van der Waals surface area contributed by atoms with E-state index >= 15 is 0 Å². The van der Waals surface area contributed by atoms with Crippen molar-refractivity contribution in [2.75, 3.05) is 20.1 Å². The number of benzene rings is 3. The van der Waals surface area contributed by atoms with Gasteiger partial charge in [0, 0.05) is 31.1 Å². The first kappa shape index (κ1) is 33.4. The van der Waals surface area contributed by atoms with Gasteiger partial charge in [0.2, 0.25) is 11.8 Å². The molecule has 6 nitrogen and oxygen atoms in total. The van der Waals surface area contributed by atoms with Gasteiger partial charge in [-0.3, -0.25) is 14.4 Å². The van der Waals surface area contributed by atoms with Gasteiger partial charge in [-0.05, 0) is 96.6 Å². The zero-order chi connectivity index (χ0) is 33.1. The van der Waals surface area contributed by atoms with Crippen LogP contribution in [0.3, 0.4) is 0 Å². The number of hydrogen-bond acceptors (Lipinski definition) is 3. The lowest BCUT2D eigenvalue weighted by molar-refractivity contribution is -0.145. The van der Waals surface area contributed by atoms with Gasteiger partial charge in [0.1, 0.15) is 6.04 Å². The third-order valence-corrected chi connectivity index (χ3v) is 10.7. The summed E-state index contributed by atoms with van der Waals surface area (Å²) in [4.78, 5) is 42.8. The van der Waals surface area contributed by atoms with Gasteiger partial charge in [0.15, 0.2) is 0 Å². The quantitative estimate of drug-likeness (QED) is 0.243. The van der Waals surface area contributed by atoms with Crippen molar-refractivity contribution in [3.05, 3.63) is 95.1 Å². The summed E-state index contributed by atoms with van der Waals surface area (Å²) in [6.45, 7) is 12.0. The van der Waals surface area contributed by atoms with E-state index in [0.29, 0.717) is 18.7 Å². The molecule has 3 aliphatic rings. The van der Waals surface area contributed by atoms with Crippen molar-refractivity contribution in [3.8, 4) is 11.1 Å². The first-order chi connectivity index (χ1) is 21.9. The van der Waals surface area contributed by atoms with Gasteiger partial charge in [0.25, 0.3) is 5.91 Å². The van der Waals surface area contributed by atoms with Gasteiger partial charge in [-0.25, -0.2) is 0 Å². The van der Waals surface area contributed by atoms with Crippen LogP contribution in [0.2, 0.25) is 0 Å². The maximum atomic E-state index is 13.9. The lowest BCUT2D eigenvalue weighted by Gasteiger charge is -2.52. The summed E-state index contributed by atoms with van der Waals surface area (Å²) < 4.78 is 0. The van der Waals surface area contributed by atoms with E-state index in [4.69, 9.17) is 0 Å². The Bertz CT molecular complexity index is 1530. The Labute approximate surface area is 275 Å². The number of fused-ring (bicyclic) bond motifs is 3. The molecule has 3 saturated carbocycles. The van der Waals surface area contributed by atoms with Crippen molar-refractivity contribution >= 4 is 17.7 Å². The summed E-state index contributed by atoms with van der Waals surface area (Å²) in [5.74, 6) is -0.144. The van der Waals surface area contributed by atoms with E-state index in [-0.39, 0.29) is 28.6 Å². The minimum atomic E-state index is -0.694. The summed E-state index contributed by atoms with van der Waals surface area (Å²) in [6, 6.07) is 23.4. The van der Waals surface area contributed by atoms with Gasteiger partial charge < -0.3 is 15.5 Å². The summed E-state index contributed by atoms with van der Waals surface area (Å²) in [7, 11) is 1.80. The molecule has 6 rings (SSSR count). The number of carbonyl (C=O) groups is 3. The van der Waals surface area contributed by atoms with Crippen molar-refractivity contribution in [1.29, 1.82) is 0 Å². The number of amides is 3. The third kappa shape index (κ3) is 6.91. The van der Waals surface area contributed by atoms with Crippen molar-refractivity contribution < 1.29 is 14.4 Å². The van der Waals surface area contributed by atoms with E-state index in [2.05, 4.69) is 68.7 Å². The average Bonchev–Trinajstić information content (AvgIpc) is 3.06. The SMILES string of the molecule is CCCN(C)C(=O)[C@@H](NC(=O)C12CCC(CNC(=O)c3cccc(C)c3-c3ccc(C(C)(C)C)cc3)(CC1)CC2)c1ccccc1. The topological polar surface area (TPSA) is 78.5 Å². The number of nitrogens with zero attached hydrogens (tertiary/aromatic N) is 1. The molecule has 6 heteroatoms. The van der Waals surface area contributed by atoms with Crippen LogP contribution in [0.5, 0.6) is 0 Å². The van der Waals surface area contributed by atoms with Crippen LogP contribution in [0.15, 0.2) is 72.8 Å². The molecule has 3 aromatic carbocycles. The van der Waals surface area contributed by atoms with E-state index in [9.17, 15) is 14.4 Å². The second-order valence-electron chi connectivity index (χ2n) is 14.9. The fourth-order valence-corrected chi connectivity index (χ4v) is 7.49. The first-order valence-corrected chi connectivity index (χ1v) is 17.0. The number of nitrogens with one attached hydrogen (secondary N) is 2. The molecular formula is C40H51N3O3.